The standard InChI is InChI=1S/C19H28N2O3/c1-24-18-8-7-16(11-15(18)13-22)20-19(23)14-9-10-21(12-14)17-5-3-2-4-6-17/h7-8,11,14,17,22H,2-6,9-10,12-13H2,1H3,(H,20,23)/t14-/m1/s1. The minimum atomic E-state index is -0.105. The molecule has 5 nitrogen and oxygen atoms in total. The Hall–Kier alpha value is -1.59. The quantitative estimate of drug-likeness (QED) is 0.870. The van der Waals surface area contributed by atoms with E-state index in [0.29, 0.717) is 17.4 Å². The van der Waals surface area contributed by atoms with E-state index in [0.717, 1.165) is 25.2 Å². The largest absolute Gasteiger partial charge is 0.496 e. The van der Waals surface area contributed by atoms with Crippen molar-refractivity contribution in [1.29, 1.82) is 0 Å². The molecule has 132 valence electrons. The van der Waals surface area contributed by atoms with Gasteiger partial charge in [0, 0.05) is 23.8 Å². The predicted molar refractivity (Wildman–Crippen MR) is 94.1 cm³/mol. The highest BCUT2D eigenvalue weighted by Gasteiger charge is 2.32. The molecular formula is C19H28N2O3. The fraction of sp³-hybridized carbons (Fsp3) is 0.632. The van der Waals surface area contributed by atoms with Gasteiger partial charge < -0.3 is 15.2 Å². The molecule has 0 unspecified atom stereocenters. The Morgan fingerprint density at radius 2 is 2.08 bits per heavy atom. The summed E-state index contributed by atoms with van der Waals surface area (Å²) in [5, 5.41) is 12.4. The molecule has 1 atom stereocenters. The first-order valence-corrected chi connectivity index (χ1v) is 9.04. The molecule has 1 aliphatic carbocycles. The van der Waals surface area contributed by atoms with Crippen LogP contribution < -0.4 is 10.1 Å². The third kappa shape index (κ3) is 3.90. The van der Waals surface area contributed by atoms with Crippen LogP contribution in [-0.4, -0.2) is 42.2 Å². The minimum Gasteiger partial charge on any atom is -0.496 e. The van der Waals surface area contributed by atoms with Crippen LogP contribution in [0.5, 0.6) is 5.75 Å². The Morgan fingerprint density at radius 3 is 2.79 bits per heavy atom. The summed E-state index contributed by atoms with van der Waals surface area (Å²) in [6.45, 7) is 1.80. The molecule has 1 amide bonds. The van der Waals surface area contributed by atoms with Crippen LogP contribution in [0.3, 0.4) is 0 Å². The molecule has 2 N–H and O–H groups in total. The fourth-order valence-corrected chi connectivity index (χ4v) is 4.00. The normalized spacial score (nSPS) is 22.5. The average Bonchev–Trinajstić information content (AvgIpc) is 3.12. The van der Waals surface area contributed by atoms with E-state index in [4.69, 9.17) is 4.74 Å². The molecule has 1 aromatic carbocycles. The topological polar surface area (TPSA) is 61.8 Å². The van der Waals surface area contributed by atoms with Crippen LogP contribution in [0.4, 0.5) is 5.69 Å². The van der Waals surface area contributed by atoms with Gasteiger partial charge in [0.2, 0.25) is 5.91 Å². The number of benzene rings is 1. The maximum Gasteiger partial charge on any atom is 0.228 e. The zero-order valence-corrected chi connectivity index (χ0v) is 14.5. The van der Waals surface area contributed by atoms with Gasteiger partial charge in [-0.15, -0.1) is 0 Å². The molecule has 1 saturated heterocycles. The average molecular weight is 332 g/mol. The molecule has 2 fully saturated rings. The number of anilines is 1. The molecule has 5 heteroatoms. The fourth-order valence-electron chi connectivity index (χ4n) is 4.00. The summed E-state index contributed by atoms with van der Waals surface area (Å²) in [6.07, 6.45) is 7.52. The summed E-state index contributed by atoms with van der Waals surface area (Å²) in [7, 11) is 1.57. The summed E-state index contributed by atoms with van der Waals surface area (Å²) >= 11 is 0. The van der Waals surface area contributed by atoms with Gasteiger partial charge in [-0.05, 0) is 44.0 Å². The van der Waals surface area contributed by atoms with E-state index in [1.165, 1.54) is 32.1 Å². The molecule has 1 heterocycles. The van der Waals surface area contributed by atoms with Crippen LogP contribution in [0, 0.1) is 5.92 Å². The van der Waals surface area contributed by atoms with Crippen molar-refractivity contribution in [2.75, 3.05) is 25.5 Å². The molecule has 0 bridgehead atoms. The van der Waals surface area contributed by atoms with E-state index in [1.54, 1.807) is 19.2 Å². The number of rotatable bonds is 5. The zero-order chi connectivity index (χ0) is 16.9. The lowest BCUT2D eigenvalue weighted by molar-refractivity contribution is -0.119. The van der Waals surface area contributed by atoms with Gasteiger partial charge in [-0.1, -0.05) is 19.3 Å². The van der Waals surface area contributed by atoms with Crippen molar-refractivity contribution in [1.82, 2.24) is 4.90 Å². The van der Waals surface area contributed by atoms with Crippen LogP contribution in [0.2, 0.25) is 0 Å². The van der Waals surface area contributed by atoms with E-state index >= 15 is 0 Å². The van der Waals surface area contributed by atoms with Gasteiger partial charge in [-0.2, -0.15) is 0 Å². The van der Waals surface area contributed by atoms with Crippen molar-refractivity contribution in [3.8, 4) is 5.75 Å². The van der Waals surface area contributed by atoms with Crippen LogP contribution in [0.1, 0.15) is 44.1 Å². The maximum absolute atomic E-state index is 12.6. The number of ether oxygens (including phenoxy) is 1. The minimum absolute atomic E-state index is 0.0617. The predicted octanol–water partition coefficient (Wildman–Crippen LogP) is 2.78. The van der Waals surface area contributed by atoms with E-state index in [9.17, 15) is 9.90 Å². The van der Waals surface area contributed by atoms with Crippen molar-refractivity contribution < 1.29 is 14.6 Å². The molecule has 0 aromatic heterocycles. The second kappa shape index (κ2) is 7.99. The zero-order valence-electron chi connectivity index (χ0n) is 14.5. The first-order chi connectivity index (χ1) is 11.7. The summed E-state index contributed by atoms with van der Waals surface area (Å²) in [5.41, 5.74) is 1.41. The molecular weight excluding hydrogens is 304 g/mol. The summed E-state index contributed by atoms with van der Waals surface area (Å²) in [5.74, 6) is 0.786. The Bertz CT molecular complexity index is 570. The number of aliphatic hydroxyl groups is 1. The summed E-state index contributed by atoms with van der Waals surface area (Å²) < 4.78 is 5.20. The van der Waals surface area contributed by atoms with Gasteiger partial charge in [-0.3, -0.25) is 9.69 Å². The van der Waals surface area contributed by atoms with Gasteiger partial charge in [0.1, 0.15) is 5.75 Å². The van der Waals surface area contributed by atoms with E-state index in [1.807, 2.05) is 6.07 Å². The van der Waals surface area contributed by atoms with Gasteiger partial charge in [0.05, 0.1) is 19.6 Å². The lowest BCUT2D eigenvalue weighted by atomic mass is 9.94. The number of aliphatic hydroxyl groups excluding tert-OH is 1. The number of nitrogens with zero attached hydrogens (tertiary/aromatic N) is 1. The number of hydrogen-bond acceptors (Lipinski definition) is 4. The molecule has 0 spiro atoms. The highest BCUT2D eigenvalue weighted by molar-refractivity contribution is 5.93. The highest BCUT2D eigenvalue weighted by Crippen LogP contribution is 2.29. The number of hydrogen-bond donors (Lipinski definition) is 2. The Balaban J connectivity index is 1.57. The summed E-state index contributed by atoms with van der Waals surface area (Å²) in [6, 6.07) is 6.07. The van der Waals surface area contributed by atoms with Gasteiger partial charge in [0.15, 0.2) is 0 Å². The monoisotopic (exact) mass is 332 g/mol. The van der Waals surface area contributed by atoms with E-state index < -0.39 is 0 Å². The van der Waals surface area contributed by atoms with Crippen molar-refractivity contribution in [3.63, 3.8) is 0 Å². The third-order valence-corrected chi connectivity index (χ3v) is 5.40. The molecule has 24 heavy (non-hydrogen) atoms. The smallest absolute Gasteiger partial charge is 0.228 e. The van der Waals surface area contributed by atoms with Crippen LogP contribution >= 0.6 is 0 Å². The third-order valence-electron chi connectivity index (χ3n) is 5.40. The van der Waals surface area contributed by atoms with Crippen molar-refractivity contribution in [2.45, 2.75) is 51.2 Å². The highest BCUT2D eigenvalue weighted by atomic mass is 16.5. The van der Waals surface area contributed by atoms with E-state index in [2.05, 4.69) is 10.2 Å². The second-order valence-electron chi connectivity index (χ2n) is 6.95. The van der Waals surface area contributed by atoms with Gasteiger partial charge in [0.25, 0.3) is 0 Å². The first kappa shape index (κ1) is 17.2. The van der Waals surface area contributed by atoms with Crippen molar-refractivity contribution in [3.05, 3.63) is 23.8 Å². The molecule has 1 aromatic rings. The lowest BCUT2D eigenvalue weighted by Gasteiger charge is -2.30. The number of nitrogens with one attached hydrogen (secondary N) is 1. The number of carbonyl (C=O) groups excluding carboxylic acids is 1. The van der Waals surface area contributed by atoms with Gasteiger partial charge in [-0.25, -0.2) is 0 Å². The molecule has 0 radical (unpaired) electrons. The lowest BCUT2D eigenvalue weighted by Crippen LogP contribution is -2.36. The van der Waals surface area contributed by atoms with Crippen molar-refractivity contribution >= 4 is 11.6 Å². The van der Waals surface area contributed by atoms with Crippen molar-refractivity contribution in [2.24, 2.45) is 5.92 Å². The maximum atomic E-state index is 12.6. The Labute approximate surface area is 144 Å². The summed E-state index contributed by atoms with van der Waals surface area (Å²) in [4.78, 5) is 15.1. The molecule has 2 aliphatic rings. The number of methoxy groups -OCH3 is 1. The second-order valence-corrected chi connectivity index (χ2v) is 6.95. The van der Waals surface area contributed by atoms with Crippen LogP contribution in [0.15, 0.2) is 18.2 Å². The van der Waals surface area contributed by atoms with E-state index in [-0.39, 0.29) is 18.4 Å². The SMILES string of the molecule is COc1ccc(NC(=O)[C@@H]2CCN(C3CCCCC3)C2)cc1CO. The Kier molecular flexibility index (Phi) is 5.74. The van der Waals surface area contributed by atoms with Gasteiger partial charge >= 0.3 is 0 Å². The number of likely N-dealkylation sites (tertiary alicyclic amines) is 1. The Morgan fingerprint density at radius 1 is 1.29 bits per heavy atom. The van der Waals surface area contributed by atoms with Crippen LogP contribution in [-0.2, 0) is 11.4 Å². The molecule has 3 rings (SSSR count). The number of carbonyl (C=O) groups is 1. The molecule has 1 aliphatic heterocycles. The molecule has 1 saturated carbocycles. The van der Waals surface area contributed by atoms with Crippen LogP contribution in [0.25, 0.3) is 0 Å². The first-order valence-electron chi connectivity index (χ1n) is 9.04. The number of amides is 1.